The van der Waals surface area contributed by atoms with Crippen molar-refractivity contribution in [3.8, 4) is 16.9 Å². The zero-order chi connectivity index (χ0) is 25.8. The minimum atomic E-state index is -0.365. The molecule has 0 atom stereocenters. The molecule has 0 aliphatic heterocycles. The molecule has 1 aromatic heterocycles. The lowest BCUT2D eigenvalue weighted by Crippen LogP contribution is -2.38. The van der Waals surface area contributed by atoms with Crippen molar-refractivity contribution < 1.29 is 14.0 Å². The minimum absolute atomic E-state index is 0.131. The molecular weight excluding hydrogens is 467 g/mol. The number of aromatic nitrogens is 2. The van der Waals surface area contributed by atoms with E-state index < -0.39 is 0 Å². The smallest absolute Gasteiger partial charge is 0.254 e. The predicted molar refractivity (Wildman–Crippen MR) is 143 cm³/mol. The van der Waals surface area contributed by atoms with Crippen LogP contribution in [0.2, 0.25) is 0 Å². The minimum Gasteiger partial charge on any atom is -0.330 e. The van der Waals surface area contributed by atoms with E-state index >= 15 is 0 Å². The summed E-state index contributed by atoms with van der Waals surface area (Å²) in [5.41, 5.74) is 2.67. The van der Waals surface area contributed by atoms with Crippen LogP contribution in [-0.2, 0) is 4.79 Å². The SMILES string of the molecule is CCN(CC(=O)Nc1cc(-c2ccccc2)nn1-c1ccc(F)cc1)C(=O)c1cccc2ccccc12. The van der Waals surface area contributed by atoms with Gasteiger partial charge in [0, 0.05) is 23.7 Å². The van der Waals surface area contributed by atoms with E-state index in [1.807, 2.05) is 73.7 Å². The topological polar surface area (TPSA) is 67.2 Å². The van der Waals surface area contributed by atoms with Gasteiger partial charge in [-0.1, -0.05) is 66.7 Å². The van der Waals surface area contributed by atoms with E-state index in [9.17, 15) is 14.0 Å². The highest BCUT2D eigenvalue weighted by molar-refractivity contribution is 6.08. The third-order valence-corrected chi connectivity index (χ3v) is 6.14. The number of halogens is 1. The van der Waals surface area contributed by atoms with Gasteiger partial charge in [0.05, 0.1) is 11.4 Å². The Balaban J connectivity index is 1.41. The Morgan fingerprint density at radius 3 is 2.35 bits per heavy atom. The first-order valence-electron chi connectivity index (χ1n) is 12.0. The summed E-state index contributed by atoms with van der Waals surface area (Å²) in [4.78, 5) is 28.0. The molecule has 0 radical (unpaired) electrons. The van der Waals surface area contributed by atoms with Crippen LogP contribution >= 0.6 is 0 Å². The van der Waals surface area contributed by atoms with Crippen LogP contribution in [0.3, 0.4) is 0 Å². The van der Waals surface area contributed by atoms with Crippen LogP contribution < -0.4 is 5.32 Å². The molecule has 1 heterocycles. The van der Waals surface area contributed by atoms with Crippen LogP contribution in [0.5, 0.6) is 0 Å². The average molecular weight is 493 g/mol. The van der Waals surface area contributed by atoms with E-state index in [-0.39, 0.29) is 24.2 Å². The Labute approximate surface area is 214 Å². The molecule has 5 rings (SSSR count). The number of anilines is 1. The molecule has 2 amide bonds. The summed E-state index contributed by atoms with van der Waals surface area (Å²) >= 11 is 0. The normalized spacial score (nSPS) is 10.9. The Morgan fingerprint density at radius 2 is 1.59 bits per heavy atom. The quantitative estimate of drug-likeness (QED) is 0.306. The first kappa shape index (κ1) is 23.9. The molecule has 7 heteroatoms. The van der Waals surface area contributed by atoms with E-state index in [2.05, 4.69) is 10.4 Å². The molecule has 184 valence electrons. The standard InChI is InChI=1S/C30H25FN4O2/c1-2-34(30(37)26-14-8-12-21-9-6-7-13-25(21)26)20-29(36)32-28-19-27(22-10-4-3-5-11-22)33-35(28)24-17-15-23(31)16-18-24/h3-19H,2,20H2,1H3,(H,32,36). The maximum absolute atomic E-state index is 13.5. The van der Waals surface area contributed by atoms with Crippen molar-refractivity contribution in [2.75, 3.05) is 18.4 Å². The highest BCUT2D eigenvalue weighted by Crippen LogP contribution is 2.25. The molecule has 0 spiro atoms. The van der Waals surface area contributed by atoms with Gasteiger partial charge < -0.3 is 10.2 Å². The van der Waals surface area contributed by atoms with Gasteiger partial charge in [0.1, 0.15) is 18.2 Å². The molecule has 0 aliphatic carbocycles. The fourth-order valence-corrected chi connectivity index (χ4v) is 4.26. The molecule has 0 saturated carbocycles. The molecule has 5 aromatic rings. The van der Waals surface area contributed by atoms with Crippen LogP contribution in [-0.4, -0.2) is 39.6 Å². The Hall–Kier alpha value is -4.78. The van der Waals surface area contributed by atoms with E-state index in [1.54, 1.807) is 28.9 Å². The summed E-state index contributed by atoms with van der Waals surface area (Å²) in [6.45, 7) is 2.07. The number of fused-ring (bicyclic) bond motifs is 1. The third kappa shape index (κ3) is 5.11. The highest BCUT2D eigenvalue weighted by Gasteiger charge is 2.21. The maximum atomic E-state index is 13.5. The number of hydrogen-bond acceptors (Lipinski definition) is 3. The van der Waals surface area contributed by atoms with Gasteiger partial charge in [0.25, 0.3) is 5.91 Å². The fourth-order valence-electron chi connectivity index (χ4n) is 4.26. The predicted octanol–water partition coefficient (Wildman–Crippen LogP) is 5.93. The van der Waals surface area contributed by atoms with Crippen LogP contribution in [0.4, 0.5) is 10.2 Å². The van der Waals surface area contributed by atoms with Gasteiger partial charge in [-0.15, -0.1) is 0 Å². The van der Waals surface area contributed by atoms with E-state index in [0.29, 0.717) is 29.3 Å². The van der Waals surface area contributed by atoms with Crippen molar-refractivity contribution in [3.05, 3.63) is 115 Å². The second-order valence-electron chi connectivity index (χ2n) is 8.56. The molecule has 1 N–H and O–H groups in total. The second kappa shape index (κ2) is 10.5. The average Bonchev–Trinajstić information content (AvgIpc) is 3.35. The number of rotatable bonds is 7. The van der Waals surface area contributed by atoms with Crippen molar-refractivity contribution in [2.24, 2.45) is 0 Å². The van der Waals surface area contributed by atoms with Crippen LogP contribution in [0.25, 0.3) is 27.7 Å². The number of carbonyl (C=O) groups is 2. The molecule has 0 saturated heterocycles. The van der Waals surface area contributed by atoms with Crippen molar-refractivity contribution in [3.63, 3.8) is 0 Å². The number of nitrogens with zero attached hydrogens (tertiary/aromatic N) is 3. The number of amides is 2. The monoisotopic (exact) mass is 492 g/mol. The molecule has 37 heavy (non-hydrogen) atoms. The number of nitrogens with one attached hydrogen (secondary N) is 1. The number of benzene rings is 4. The van der Waals surface area contributed by atoms with Crippen molar-refractivity contribution in [1.82, 2.24) is 14.7 Å². The third-order valence-electron chi connectivity index (χ3n) is 6.14. The molecular formula is C30H25FN4O2. The Bertz CT molecular complexity index is 1560. The van der Waals surface area contributed by atoms with Gasteiger partial charge in [-0.25, -0.2) is 9.07 Å². The molecule has 4 aromatic carbocycles. The summed E-state index contributed by atoms with van der Waals surface area (Å²) in [5, 5.41) is 9.35. The second-order valence-corrected chi connectivity index (χ2v) is 8.56. The lowest BCUT2D eigenvalue weighted by Gasteiger charge is -2.21. The Morgan fingerprint density at radius 1 is 0.892 bits per heavy atom. The van der Waals surface area contributed by atoms with Crippen LogP contribution in [0, 0.1) is 5.82 Å². The zero-order valence-electron chi connectivity index (χ0n) is 20.3. The first-order chi connectivity index (χ1) is 18.0. The summed E-state index contributed by atoms with van der Waals surface area (Å²) < 4.78 is 15.1. The van der Waals surface area contributed by atoms with Gasteiger partial charge in [-0.05, 0) is 48.0 Å². The number of likely N-dealkylation sites (N-methyl/N-ethyl adjacent to an activating group) is 1. The summed E-state index contributed by atoms with van der Waals surface area (Å²) in [5.74, 6) is -0.524. The van der Waals surface area contributed by atoms with Crippen molar-refractivity contribution >= 4 is 28.4 Å². The lowest BCUT2D eigenvalue weighted by molar-refractivity contribution is -0.116. The molecule has 0 unspecified atom stereocenters. The molecule has 0 bridgehead atoms. The maximum Gasteiger partial charge on any atom is 0.254 e. The Kier molecular flexibility index (Phi) is 6.76. The summed E-state index contributed by atoms with van der Waals surface area (Å²) in [6, 6.07) is 30.4. The lowest BCUT2D eigenvalue weighted by atomic mass is 10.0. The van der Waals surface area contributed by atoms with E-state index in [1.165, 1.54) is 17.0 Å². The summed E-state index contributed by atoms with van der Waals surface area (Å²) in [7, 11) is 0. The fraction of sp³-hybridized carbons (Fsp3) is 0.100. The van der Waals surface area contributed by atoms with Gasteiger partial charge in [0.15, 0.2) is 0 Å². The molecule has 6 nitrogen and oxygen atoms in total. The van der Waals surface area contributed by atoms with Crippen LogP contribution in [0.1, 0.15) is 17.3 Å². The number of hydrogen-bond donors (Lipinski definition) is 1. The van der Waals surface area contributed by atoms with Crippen LogP contribution in [0.15, 0.2) is 103 Å². The van der Waals surface area contributed by atoms with Crippen molar-refractivity contribution in [2.45, 2.75) is 6.92 Å². The highest BCUT2D eigenvalue weighted by atomic mass is 19.1. The van der Waals surface area contributed by atoms with Gasteiger partial charge in [0.2, 0.25) is 5.91 Å². The van der Waals surface area contributed by atoms with Gasteiger partial charge in [-0.3, -0.25) is 9.59 Å². The first-order valence-corrected chi connectivity index (χ1v) is 12.0. The van der Waals surface area contributed by atoms with E-state index in [4.69, 9.17) is 0 Å². The summed E-state index contributed by atoms with van der Waals surface area (Å²) in [6.07, 6.45) is 0. The largest absolute Gasteiger partial charge is 0.330 e. The van der Waals surface area contributed by atoms with E-state index in [0.717, 1.165) is 16.3 Å². The van der Waals surface area contributed by atoms with Crippen molar-refractivity contribution in [1.29, 1.82) is 0 Å². The zero-order valence-corrected chi connectivity index (χ0v) is 20.3. The molecule has 0 aliphatic rings. The van der Waals surface area contributed by atoms with Gasteiger partial charge in [-0.2, -0.15) is 5.10 Å². The molecule has 0 fully saturated rings. The number of carbonyl (C=O) groups excluding carboxylic acids is 2. The van der Waals surface area contributed by atoms with Gasteiger partial charge >= 0.3 is 0 Å².